The summed E-state index contributed by atoms with van der Waals surface area (Å²) in [6.07, 6.45) is 3.61. The van der Waals surface area contributed by atoms with E-state index in [0.29, 0.717) is 29.6 Å². The number of aromatic nitrogens is 2. The van der Waals surface area contributed by atoms with Crippen LogP contribution in [0.15, 0.2) is 48.1 Å². The average Bonchev–Trinajstić information content (AvgIpc) is 3.31. The molecule has 128 valence electrons. The van der Waals surface area contributed by atoms with Crippen molar-refractivity contribution in [3.05, 3.63) is 58.5 Å². The molecule has 1 amide bonds. The van der Waals surface area contributed by atoms with Crippen molar-refractivity contribution in [2.45, 2.75) is 13.0 Å². The second-order valence-corrected chi connectivity index (χ2v) is 6.54. The normalized spacial score (nSPS) is 14.1. The van der Waals surface area contributed by atoms with Gasteiger partial charge in [-0.05, 0) is 24.6 Å². The van der Waals surface area contributed by atoms with Crippen molar-refractivity contribution in [3.8, 4) is 17.2 Å². The van der Waals surface area contributed by atoms with Crippen LogP contribution in [-0.2, 0) is 0 Å². The van der Waals surface area contributed by atoms with Crippen molar-refractivity contribution in [2.75, 3.05) is 13.2 Å². The van der Waals surface area contributed by atoms with Gasteiger partial charge < -0.3 is 14.8 Å². The minimum Gasteiger partial charge on any atom is -0.485 e. The summed E-state index contributed by atoms with van der Waals surface area (Å²) in [5.41, 5.74) is 1.93. The zero-order valence-corrected chi connectivity index (χ0v) is 14.5. The van der Waals surface area contributed by atoms with Gasteiger partial charge >= 0.3 is 0 Å². The highest BCUT2D eigenvalue weighted by atomic mass is 32.1. The molecule has 0 spiro atoms. The molecule has 1 aliphatic rings. The first-order valence-electron chi connectivity index (χ1n) is 8.01. The van der Waals surface area contributed by atoms with Gasteiger partial charge in [-0.2, -0.15) is 5.10 Å². The molecule has 25 heavy (non-hydrogen) atoms. The molecule has 0 fully saturated rings. The molecule has 1 aromatic carbocycles. The molecule has 3 aromatic rings. The number of thiophene rings is 1. The lowest BCUT2D eigenvalue weighted by Crippen LogP contribution is -2.27. The predicted octanol–water partition coefficient (Wildman–Crippen LogP) is 3.20. The molecule has 1 N–H and O–H groups in total. The van der Waals surface area contributed by atoms with E-state index < -0.39 is 0 Å². The number of amides is 1. The number of fused-ring (bicyclic) bond motifs is 1. The van der Waals surface area contributed by atoms with Gasteiger partial charge in [0.25, 0.3) is 5.91 Å². The van der Waals surface area contributed by atoms with E-state index in [1.54, 1.807) is 10.9 Å². The second kappa shape index (κ2) is 6.60. The Morgan fingerprint density at radius 2 is 2.12 bits per heavy atom. The highest BCUT2D eigenvalue weighted by Crippen LogP contribution is 2.39. The first-order valence-corrected chi connectivity index (χ1v) is 8.89. The van der Waals surface area contributed by atoms with Crippen LogP contribution < -0.4 is 14.8 Å². The van der Waals surface area contributed by atoms with E-state index in [1.165, 1.54) is 11.3 Å². The fourth-order valence-electron chi connectivity index (χ4n) is 2.83. The zero-order valence-electron chi connectivity index (χ0n) is 13.6. The van der Waals surface area contributed by atoms with Crippen LogP contribution >= 0.6 is 11.3 Å². The Hall–Kier alpha value is -2.80. The van der Waals surface area contributed by atoms with Crippen LogP contribution in [0.5, 0.6) is 11.5 Å². The Morgan fingerprint density at radius 1 is 1.28 bits per heavy atom. The summed E-state index contributed by atoms with van der Waals surface area (Å²) in [6.45, 7) is 2.93. The maximum atomic E-state index is 12.7. The molecule has 0 unspecified atom stereocenters. The third kappa shape index (κ3) is 2.98. The Labute approximate surface area is 149 Å². The van der Waals surface area contributed by atoms with E-state index >= 15 is 0 Å². The van der Waals surface area contributed by atoms with Crippen molar-refractivity contribution in [3.63, 3.8) is 0 Å². The van der Waals surface area contributed by atoms with Crippen LogP contribution in [0.4, 0.5) is 0 Å². The van der Waals surface area contributed by atoms with E-state index in [0.717, 1.165) is 11.3 Å². The molecule has 0 saturated carbocycles. The van der Waals surface area contributed by atoms with Gasteiger partial charge in [0, 0.05) is 17.8 Å². The molecule has 4 rings (SSSR count). The van der Waals surface area contributed by atoms with Crippen molar-refractivity contribution in [1.82, 2.24) is 15.1 Å². The summed E-state index contributed by atoms with van der Waals surface area (Å²) in [5.74, 6) is 1.02. The van der Waals surface area contributed by atoms with Gasteiger partial charge in [-0.3, -0.25) is 4.79 Å². The number of nitrogens with zero attached hydrogens (tertiary/aromatic N) is 2. The van der Waals surface area contributed by atoms with Gasteiger partial charge in [0.2, 0.25) is 0 Å². The Bertz CT molecular complexity index is 889. The van der Waals surface area contributed by atoms with Crippen LogP contribution in [-0.4, -0.2) is 28.9 Å². The van der Waals surface area contributed by atoms with Gasteiger partial charge in [-0.1, -0.05) is 18.2 Å². The fraction of sp³-hybridized carbons (Fsp3) is 0.222. The van der Waals surface area contributed by atoms with Crippen LogP contribution in [0.2, 0.25) is 0 Å². The number of para-hydroxylation sites is 1. The third-order valence-electron chi connectivity index (χ3n) is 4.01. The lowest BCUT2D eigenvalue weighted by atomic mass is 10.1. The van der Waals surface area contributed by atoms with Gasteiger partial charge in [0.05, 0.1) is 11.7 Å². The molecule has 1 aliphatic heterocycles. The van der Waals surface area contributed by atoms with E-state index in [2.05, 4.69) is 10.4 Å². The lowest BCUT2D eigenvalue weighted by molar-refractivity contribution is 0.0935. The zero-order chi connectivity index (χ0) is 17.2. The predicted molar refractivity (Wildman–Crippen MR) is 94.8 cm³/mol. The maximum Gasteiger partial charge on any atom is 0.265 e. The van der Waals surface area contributed by atoms with Crippen molar-refractivity contribution >= 4 is 17.2 Å². The van der Waals surface area contributed by atoms with E-state index in [9.17, 15) is 4.79 Å². The first-order chi connectivity index (χ1) is 12.2. The third-order valence-corrected chi connectivity index (χ3v) is 4.95. The molecule has 1 atom stereocenters. The molecule has 3 heterocycles. The topological polar surface area (TPSA) is 65.4 Å². The molecule has 7 heteroatoms. The van der Waals surface area contributed by atoms with Gasteiger partial charge in [0.15, 0.2) is 11.5 Å². The number of benzene rings is 1. The molecular weight excluding hydrogens is 338 g/mol. The van der Waals surface area contributed by atoms with E-state index in [4.69, 9.17) is 9.47 Å². The van der Waals surface area contributed by atoms with Gasteiger partial charge in [0.1, 0.15) is 18.1 Å². The molecule has 0 saturated heterocycles. The van der Waals surface area contributed by atoms with Crippen LogP contribution in [0, 0.1) is 0 Å². The smallest absolute Gasteiger partial charge is 0.265 e. The molecule has 0 aliphatic carbocycles. The van der Waals surface area contributed by atoms with Crippen LogP contribution in [0.1, 0.15) is 28.2 Å². The number of carbonyl (C=O) groups is 1. The summed E-state index contributed by atoms with van der Waals surface area (Å²) >= 11 is 1.33. The van der Waals surface area contributed by atoms with Crippen LogP contribution in [0.3, 0.4) is 0 Å². The molecule has 0 radical (unpaired) electrons. The summed E-state index contributed by atoms with van der Waals surface area (Å²) in [5, 5.41) is 9.14. The quantitative estimate of drug-likeness (QED) is 0.781. The van der Waals surface area contributed by atoms with Crippen molar-refractivity contribution < 1.29 is 14.3 Å². The number of nitrogens with one attached hydrogen (secondary N) is 1. The maximum absolute atomic E-state index is 12.7. The average molecular weight is 355 g/mol. The van der Waals surface area contributed by atoms with Gasteiger partial charge in [-0.15, -0.1) is 11.3 Å². The highest BCUT2D eigenvalue weighted by molar-refractivity contribution is 7.12. The lowest BCUT2D eigenvalue weighted by Gasteiger charge is -2.19. The summed E-state index contributed by atoms with van der Waals surface area (Å²) in [4.78, 5) is 13.2. The Balaban J connectivity index is 1.58. The summed E-state index contributed by atoms with van der Waals surface area (Å²) < 4.78 is 12.9. The van der Waals surface area contributed by atoms with Crippen LogP contribution in [0.25, 0.3) is 5.69 Å². The fourth-order valence-corrected chi connectivity index (χ4v) is 3.67. The Kier molecular flexibility index (Phi) is 4.15. The van der Waals surface area contributed by atoms with Crippen molar-refractivity contribution in [1.29, 1.82) is 0 Å². The number of hydrogen-bond donors (Lipinski definition) is 1. The second-order valence-electron chi connectivity index (χ2n) is 5.66. The minimum absolute atomic E-state index is 0.167. The monoisotopic (exact) mass is 355 g/mol. The Morgan fingerprint density at radius 3 is 2.96 bits per heavy atom. The summed E-state index contributed by atoms with van der Waals surface area (Å²) in [6, 6.07) is 9.57. The van der Waals surface area contributed by atoms with E-state index in [-0.39, 0.29) is 11.9 Å². The molecule has 6 nitrogen and oxygen atoms in total. The largest absolute Gasteiger partial charge is 0.485 e. The SMILES string of the molecule is C[C@@H](NC(=O)c1scc2c1OCCO2)c1ccccc1-n1cccn1. The highest BCUT2D eigenvalue weighted by Gasteiger charge is 2.25. The number of carbonyl (C=O) groups excluding carboxylic acids is 1. The minimum atomic E-state index is -0.185. The standard InChI is InChI=1S/C18H17N3O3S/c1-12(13-5-2-3-6-14(13)21-8-4-7-19-21)20-18(22)17-16-15(11-25-17)23-9-10-24-16/h2-8,11-12H,9-10H2,1H3,(H,20,22)/t12-/m1/s1. The summed E-state index contributed by atoms with van der Waals surface area (Å²) in [7, 11) is 0. The van der Waals surface area contributed by atoms with Crippen molar-refractivity contribution in [2.24, 2.45) is 0 Å². The molecule has 0 bridgehead atoms. The first kappa shape index (κ1) is 15.7. The number of ether oxygens (including phenoxy) is 2. The molecule has 2 aromatic heterocycles. The van der Waals surface area contributed by atoms with Gasteiger partial charge in [-0.25, -0.2) is 4.68 Å². The number of rotatable bonds is 4. The molecular formula is C18H17N3O3S. The van der Waals surface area contributed by atoms with E-state index in [1.807, 2.05) is 48.8 Å². The number of hydrogen-bond acceptors (Lipinski definition) is 5.